The van der Waals surface area contributed by atoms with Gasteiger partial charge in [-0.25, -0.2) is 0 Å². The van der Waals surface area contributed by atoms with E-state index in [2.05, 4.69) is 13.8 Å². The van der Waals surface area contributed by atoms with Gasteiger partial charge in [0.05, 0.1) is 38.8 Å². The average Bonchev–Trinajstić information content (AvgIpc) is 2.55. The van der Waals surface area contributed by atoms with E-state index in [0.29, 0.717) is 0 Å². The van der Waals surface area contributed by atoms with Crippen molar-refractivity contribution >= 4 is 49.2 Å². The fourth-order valence-electron chi connectivity index (χ4n) is 1.61. The zero-order valence-corrected chi connectivity index (χ0v) is 22.4. The van der Waals surface area contributed by atoms with Gasteiger partial charge in [0.15, 0.2) is 0 Å². The molecule has 0 fully saturated rings. The third-order valence-electron chi connectivity index (χ3n) is 2.99. The first-order valence-electron chi connectivity index (χ1n) is 8.71. The van der Waals surface area contributed by atoms with E-state index in [0.717, 1.165) is 8.87 Å². The van der Waals surface area contributed by atoms with E-state index in [1.807, 2.05) is 0 Å². The Bertz CT molecular complexity index is 370. The van der Waals surface area contributed by atoms with Crippen LogP contribution in [0, 0.1) is 0 Å². The fourth-order valence-corrected chi connectivity index (χ4v) is 7.24. The van der Waals surface area contributed by atoms with Crippen LogP contribution in [0.1, 0.15) is 41.5 Å². The van der Waals surface area contributed by atoms with E-state index in [1.54, 1.807) is 27.7 Å². The van der Waals surface area contributed by atoms with Crippen molar-refractivity contribution in [2.24, 2.45) is 0 Å². The molecule has 0 N–H and O–H groups in total. The predicted molar refractivity (Wildman–Crippen MR) is 110 cm³/mol. The van der Waals surface area contributed by atoms with Gasteiger partial charge >= 0.3 is 71.9 Å². The molecular weight excluding hydrogens is 516 g/mol. The first-order chi connectivity index (χ1) is 11.6. The van der Waals surface area contributed by atoms with Crippen molar-refractivity contribution in [2.45, 2.75) is 50.4 Å². The van der Waals surface area contributed by atoms with Gasteiger partial charge in [0.25, 0.3) is 0 Å². The van der Waals surface area contributed by atoms with Crippen molar-refractivity contribution in [3.63, 3.8) is 0 Å². The van der Waals surface area contributed by atoms with Crippen LogP contribution >= 0.6 is 33.0 Å². The summed E-state index contributed by atoms with van der Waals surface area (Å²) in [6.07, 6.45) is 0.0674. The quantitative estimate of drug-likeness (QED) is 0.194. The van der Waals surface area contributed by atoms with Crippen LogP contribution in [0.15, 0.2) is 0 Å². The zero-order chi connectivity index (χ0) is 20.0. The molecule has 0 heterocycles. The SMILES string of the molecule is CCOP(=O)(CCP(=O)(OCC)OCC)OCC.C[CH2][Sn]([Cl])([Cl])[CH2]C. The average molecular weight is 550 g/mol. The van der Waals surface area contributed by atoms with Gasteiger partial charge in [-0.1, -0.05) is 0 Å². The topological polar surface area (TPSA) is 71.1 Å². The van der Waals surface area contributed by atoms with Gasteiger partial charge in [-0.3, -0.25) is 9.13 Å². The third kappa shape index (κ3) is 15.3. The Kier molecular flexibility index (Phi) is 18.0. The Morgan fingerprint density at radius 1 is 0.640 bits per heavy atom. The van der Waals surface area contributed by atoms with Crippen LogP contribution in [0.3, 0.4) is 0 Å². The fraction of sp³-hybridized carbons (Fsp3) is 1.00. The molecule has 0 spiro atoms. The van der Waals surface area contributed by atoms with Gasteiger partial charge in [-0.2, -0.15) is 0 Å². The second-order valence-electron chi connectivity index (χ2n) is 4.90. The molecule has 0 aromatic carbocycles. The minimum absolute atomic E-state index is 0.0337. The molecule has 0 saturated heterocycles. The van der Waals surface area contributed by atoms with Crippen molar-refractivity contribution < 1.29 is 27.2 Å². The van der Waals surface area contributed by atoms with E-state index >= 15 is 0 Å². The maximum absolute atomic E-state index is 12.2. The first-order valence-corrected chi connectivity index (χ1v) is 23.4. The maximum atomic E-state index is 12.2. The second kappa shape index (κ2) is 15.6. The number of hydrogen-bond acceptors (Lipinski definition) is 6. The van der Waals surface area contributed by atoms with Crippen LogP contribution in [0.25, 0.3) is 0 Å². The summed E-state index contributed by atoms with van der Waals surface area (Å²) in [5, 5.41) is 0. The number of hydrogen-bond donors (Lipinski definition) is 0. The molecule has 0 aromatic rings. The minimum atomic E-state index is -3.20. The summed E-state index contributed by atoms with van der Waals surface area (Å²) in [7, 11) is 5.37. The van der Waals surface area contributed by atoms with Crippen molar-refractivity contribution in [3.05, 3.63) is 0 Å². The molecule has 0 bridgehead atoms. The van der Waals surface area contributed by atoms with E-state index in [4.69, 9.17) is 35.9 Å². The number of halogens is 2. The van der Waals surface area contributed by atoms with Gasteiger partial charge in [0.1, 0.15) is 0 Å². The molecular formula is C14H34Cl2O6P2Sn. The molecule has 0 aliphatic heterocycles. The van der Waals surface area contributed by atoms with Gasteiger partial charge in [-0.15, -0.1) is 0 Å². The van der Waals surface area contributed by atoms with Gasteiger partial charge in [0, 0.05) is 0 Å². The van der Waals surface area contributed by atoms with E-state index in [1.165, 1.54) is 0 Å². The first kappa shape index (κ1) is 28.9. The van der Waals surface area contributed by atoms with Crippen LogP contribution in [0.5, 0.6) is 0 Å². The molecule has 0 aliphatic rings. The summed E-state index contributed by atoms with van der Waals surface area (Å²) in [6.45, 7) is 12.2. The van der Waals surface area contributed by atoms with Crippen molar-refractivity contribution in [1.29, 1.82) is 0 Å². The summed E-state index contributed by atoms with van der Waals surface area (Å²) in [5.74, 6) is 0. The molecule has 25 heavy (non-hydrogen) atoms. The summed E-state index contributed by atoms with van der Waals surface area (Å²) < 4.78 is 46.9. The predicted octanol–water partition coefficient (Wildman–Crippen LogP) is 6.46. The Balaban J connectivity index is 0. The van der Waals surface area contributed by atoms with Crippen molar-refractivity contribution in [1.82, 2.24) is 0 Å². The molecule has 0 unspecified atom stereocenters. The van der Waals surface area contributed by atoms with E-state index < -0.39 is 31.3 Å². The van der Waals surface area contributed by atoms with Gasteiger partial charge < -0.3 is 18.1 Å². The van der Waals surface area contributed by atoms with Crippen LogP contribution < -0.4 is 0 Å². The molecule has 0 aromatic heterocycles. The van der Waals surface area contributed by atoms with E-state index in [-0.39, 0.29) is 38.8 Å². The molecule has 0 saturated carbocycles. The normalized spacial score (nSPS) is 12.6. The molecule has 11 heteroatoms. The van der Waals surface area contributed by atoms with Crippen LogP contribution in [-0.4, -0.2) is 54.9 Å². The Hall–Kier alpha value is 1.68. The molecule has 0 atom stereocenters. The molecule has 0 amide bonds. The molecule has 0 aliphatic carbocycles. The molecule has 6 nitrogen and oxygen atoms in total. The van der Waals surface area contributed by atoms with Crippen molar-refractivity contribution in [2.75, 3.05) is 38.8 Å². The Labute approximate surface area is 165 Å². The summed E-state index contributed by atoms with van der Waals surface area (Å²) in [4.78, 5) is 0. The monoisotopic (exact) mass is 550 g/mol. The number of rotatable bonds is 13. The summed E-state index contributed by atoms with van der Waals surface area (Å²) in [6, 6.07) is 0. The second-order valence-corrected chi connectivity index (χ2v) is 29.2. The Morgan fingerprint density at radius 2 is 0.880 bits per heavy atom. The van der Waals surface area contributed by atoms with Crippen LogP contribution in [-0.2, 0) is 27.2 Å². The third-order valence-corrected chi connectivity index (χ3v) is 20.6. The van der Waals surface area contributed by atoms with Gasteiger partial charge in [0.2, 0.25) is 0 Å². The summed E-state index contributed by atoms with van der Waals surface area (Å²) >= 11 is -2.34. The van der Waals surface area contributed by atoms with E-state index in [9.17, 15) is 9.13 Å². The molecule has 0 rings (SSSR count). The summed E-state index contributed by atoms with van der Waals surface area (Å²) in [5.41, 5.74) is 0. The van der Waals surface area contributed by atoms with Gasteiger partial charge in [-0.05, 0) is 27.7 Å². The van der Waals surface area contributed by atoms with Crippen LogP contribution in [0.2, 0.25) is 8.87 Å². The zero-order valence-electron chi connectivity index (χ0n) is 16.3. The van der Waals surface area contributed by atoms with Crippen molar-refractivity contribution in [3.8, 4) is 0 Å². The molecule has 154 valence electrons. The molecule has 0 radical (unpaired) electrons. The Morgan fingerprint density at radius 3 is 1.00 bits per heavy atom. The van der Waals surface area contributed by atoms with Crippen LogP contribution in [0.4, 0.5) is 0 Å². The standard InChI is InChI=1S/C10H24O6P2.2C2H5.2ClH.Sn/c1-5-13-17(11,14-6-2)9-10-18(12,15-7-3)16-8-4;2*1-2;;;/h5-10H2,1-4H3;2*1H2,2H3;2*1H;/q;;;;;+2/p-2.